The Hall–Kier alpha value is -2.78. The molecular formula is C46H73NO12. The van der Waals surface area contributed by atoms with Gasteiger partial charge in [0.05, 0.1) is 30.5 Å². The number of allylic oxidation sites excluding steroid dienone is 4. The molecule has 2 saturated heterocycles. The van der Waals surface area contributed by atoms with E-state index in [-0.39, 0.29) is 55.6 Å². The number of aliphatic hydroxyl groups is 1. The van der Waals surface area contributed by atoms with E-state index >= 15 is 0 Å². The van der Waals surface area contributed by atoms with Crippen LogP contribution in [0.3, 0.4) is 0 Å². The molecule has 1 saturated carbocycles. The van der Waals surface area contributed by atoms with Crippen LogP contribution in [0.4, 0.5) is 0 Å². The van der Waals surface area contributed by atoms with Crippen LogP contribution in [-0.4, -0.2) is 130 Å². The van der Waals surface area contributed by atoms with Crippen molar-refractivity contribution in [3.63, 3.8) is 0 Å². The number of carbonyl (C=O) groups is 4. The van der Waals surface area contributed by atoms with E-state index in [1.54, 1.807) is 48.5 Å². The molecule has 0 aromatic rings. The third kappa shape index (κ3) is 11.8. The molecule has 1 amide bonds. The molecule has 0 spiro atoms. The summed E-state index contributed by atoms with van der Waals surface area (Å²) in [7, 11) is 8.02. The number of amides is 1. The van der Waals surface area contributed by atoms with Crippen LogP contribution < -0.4 is 0 Å². The van der Waals surface area contributed by atoms with Gasteiger partial charge in [0.25, 0.3) is 11.7 Å². The van der Waals surface area contributed by atoms with Crippen molar-refractivity contribution in [3.8, 4) is 0 Å². The van der Waals surface area contributed by atoms with Gasteiger partial charge in [0.1, 0.15) is 24.0 Å². The molecule has 0 aromatic heterocycles. The molecule has 3 aliphatic heterocycles. The number of esters is 1. The van der Waals surface area contributed by atoms with Crippen LogP contribution in [-0.2, 0) is 52.3 Å². The molecule has 14 unspecified atom stereocenters. The van der Waals surface area contributed by atoms with Crippen LogP contribution in [0.25, 0.3) is 0 Å². The van der Waals surface area contributed by atoms with Gasteiger partial charge in [-0.1, -0.05) is 44.6 Å². The molecule has 14 atom stereocenters. The van der Waals surface area contributed by atoms with Gasteiger partial charge < -0.3 is 43.2 Å². The first-order valence-electron chi connectivity index (χ1n) is 21.7. The lowest BCUT2D eigenvalue weighted by Crippen LogP contribution is -2.64. The van der Waals surface area contributed by atoms with E-state index in [9.17, 15) is 24.3 Å². The molecule has 0 radical (unpaired) electrons. The second-order valence-electron chi connectivity index (χ2n) is 17.7. The lowest BCUT2D eigenvalue weighted by atomic mass is 9.81. The van der Waals surface area contributed by atoms with Crippen molar-refractivity contribution >= 4 is 23.4 Å². The summed E-state index contributed by atoms with van der Waals surface area (Å²) < 4.78 is 42.0. The van der Waals surface area contributed by atoms with E-state index < -0.39 is 77.8 Å². The van der Waals surface area contributed by atoms with Crippen molar-refractivity contribution in [2.45, 2.75) is 160 Å². The molecule has 13 nitrogen and oxygen atoms in total. The maximum atomic E-state index is 14.5. The van der Waals surface area contributed by atoms with Crippen molar-refractivity contribution in [2.75, 3.05) is 42.1 Å². The van der Waals surface area contributed by atoms with E-state index in [2.05, 4.69) is 19.6 Å². The van der Waals surface area contributed by atoms with Crippen LogP contribution in [0.2, 0.25) is 0 Å². The predicted molar refractivity (Wildman–Crippen MR) is 222 cm³/mol. The Bertz CT molecular complexity index is 1510. The van der Waals surface area contributed by atoms with Crippen molar-refractivity contribution in [2.24, 2.45) is 29.6 Å². The standard InChI is InChI=1S/C46H73NO12/c1-12-15-33-21-27(2)20-28(3)22-39(56-10)42-40(57-11)24-30(5)46(52,59-42)43(49)44(50)47-19-14-13-16-34(47)45(51)58-41(31(6)37(54-8)26-35(33)48)29(4)23-32-17-18-36(53-7)38(25-32)55-9/h12,21,23,28,30-34,36-42,52H,1,13-20,22,24-26H2,2-11H3/b27-21-,29-23+. The predicted octanol–water partition coefficient (Wildman–Crippen LogP) is 5.95. The maximum Gasteiger partial charge on any atom is 0.329 e. The summed E-state index contributed by atoms with van der Waals surface area (Å²) in [5.41, 5.74) is 1.80. The van der Waals surface area contributed by atoms with Gasteiger partial charge in [-0.25, -0.2) is 4.79 Å². The zero-order valence-corrected chi connectivity index (χ0v) is 37.3. The number of methoxy groups -OCH3 is 5. The normalized spacial score (nSPS) is 40.0. The minimum absolute atomic E-state index is 0.0155. The fourth-order valence-electron chi connectivity index (χ4n) is 9.96. The molecule has 334 valence electrons. The summed E-state index contributed by atoms with van der Waals surface area (Å²) in [5, 5.41) is 12.1. The molecule has 59 heavy (non-hydrogen) atoms. The van der Waals surface area contributed by atoms with Crippen molar-refractivity contribution in [1.29, 1.82) is 0 Å². The summed E-state index contributed by atoms with van der Waals surface area (Å²) in [6.45, 7) is 13.6. The van der Waals surface area contributed by atoms with Crippen LogP contribution in [0.5, 0.6) is 0 Å². The SMILES string of the molecule is C=CCC1/C=C(/C)CC(C)CC(OC)C2OC(O)(C(=O)C(=O)N3CCCCC3C(=O)OC(/C(C)=C/C3CCC(OC)C(OC)C3)C(C)C(OC)CC1=O)C(C)CC2OC. The van der Waals surface area contributed by atoms with Gasteiger partial charge in [0, 0.05) is 66.3 Å². The smallest absolute Gasteiger partial charge is 0.329 e. The molecule has 3 heterocycles. The molecule has 1 N–H and O–H groups in total. The summed E-state index contributed by atoms with van der Waals surface area (Å²) >= 11 is 0. The highest BCUT2D eigenvalue weighted by molar-refractivity contribution is 6.39. The lowest BCUT2D eigenvalue weighted by Gasteiger charge is -2.47. The largest absolute Gasteiger partial charge is 0.456 e. The van der Waals surface area contributed by atoms with Crippen molar-refractivity contribution < 1.29 is 57.4 Å². The van der Waals surface area contributed by atoms with Gasteiger partial charge in [-0.3, -0.25) is 14.4 Å². The van der Waals surface area contributed by atoms with Gasteiger partial charge in [-0.05, 0) is 95.5 Å². The molecule has 3 fully saturated rings. The number of nitrogens with zero attached hydrogens (tertiary/aromatic N) is 1. The number of piperidine rings is 1. The van der Waals surface area contributed by atoms with E-state index in [1.165, 1.54) is 4.90 Å². The molecule has 2 bridgehead atoms. The fourth-order valence-corrected chi connectivity index (χ4v) is 9.96. The number of hydrogen-bond donors (Lipinski definition) is 1. The van der Waals surface area contributed by atoms with E-state index in [0.29, 0.717) is 38.5 Å². The molecule has 0 aromatic carbocycles. The van der Waals surface area contributed by atoms with Gasteiger partial charge >= 0.3 is 5.97 Å². The number of ketones is 2. The molecule has 4 aliphatic rings. The molecule has 1 aliphatic carbocycles. The minimum atomic E-state index is -2.49. The van der Waals surface area contributed by atoms with E-state index in [0.717, 1.165) is 24.0 Å². The Balaban J connectivity index is 1.80. The topological polar surface area (TPSA) is 156 Å². The number of Topliss-reactive ketones (excluding diaryl/α,β-unsaturated/α-hetero) is 2. The Morgan fingerprint density at radius 2 is 1.51 bits per heavy atom. The van der Waals surface area contributed by atoms with Gasteiger partial charge in [0.2, 0.25) is 5.79 Å². The maximum absolute atomic E-state index is 14.5. The van der Waals surface area contributed by atoms with E-state index in [4.69, 9.17) is 33.2 Å². The monoisotopic (exact) mass is 832 g/mol. The summed E-state index contributed by atoms with van der Waals surface area (Å²) in [6.07, 6.45) is 7.98. The Morgan fingerprint density at radius 1 is 0.864 bits per heavy atom. The number of carbonyl (C=O) groups excluding carboxylic acids is 4. The summed E-state index contributed by atoms with van der Waals surface area (Å²) in [4.78, 5) is 58.5. The van der Waals surface area contributed by atoms with Crippen molar-refractivity contribution in [1.82, 2.24) is 4.90 Å². The molecular weight excluding hydrogens is 759 g/mol. The third-order valence-electron chi connectivity index (χ3n) is 13.4. The summed E-state index contributed by atoms with van der Waals surface area (Å²) in [5.74, 6) is -6.89. The first-order chi connectivity index (χ1) is 28.1. The quantitative estimate of drug-likeness (QED) is 0.166. The first kappa shape index (κ1) is 48.9. The number of fused-ring (bicyclic) bond motifs is 3. The second-order valence-corrected chi connectivity index (χ2v) is 17.7. The first-order valence-corrected chi connectivity index (χ1v) is 21.7. The summed E-state index contributed by atoms with van der Waals surface area (Å²) in [6, 6.07) is -1.09. The number of hydrogen-bond acceptors (Lipinski definition) is 12. The van der Waals surface area contributed by atoms with Crippen LogP contribution >= 0.6 is 0 Å². The van der Waals surface area contributed by atoms with E-state index in [1.807, 2.05) is 26.8 Å². The number of rotatable bonds is 9. The number of cyclic esters (lactones) is 1. The minimum Gasteiger partial charge on any atom is -0.456 e. The van der Waals surface area contributed by atoms with Gasteiger partial charge in [0.15, 0.2) is 0 Å². The van der Waals surface area contributed by atoms with Crippen LogP contribution in [0, 0.1) is 29.6 Å². The molecule has 4 rings (SSSR count). The van der Waals surface area contributed by atoms with Gasteiger partial charge in [-0.2, -0.15) is 0 Å². The highest BCUT2D eigenvalue weighted by Gasteiger charge is 2.56. The van der Waals surface area contributed by atoms with Crippen LogP contribution in [0.15, 0.2) is 36.0 Å². The fraction of sp³-hybridized carbons (Fsp3) is 0.783. The zero-order valence-electron chi connectivity index (χ0n) is 37.3. The third-order valence-corrected chi connectivity index (χ3v) is 13.4. The highest BCUT2D eigenvalue weighted by atomic mass is 16.7. The van der Waals surface area contributed by atoms with Crippen LogP contribution in [0.1, 0.15) is 105 Å². The lowest BCUT2D eigenvalue weighted by molar-refractivity contribution is -0.302. The molecule has 13 heteroatoms. The van der Waals surface area contributed by atoms with Crippen molar-refractivity contribution in [3.05, 3.63) is 36.0 Å². The average molecular weight is 832 g/mol. The van der Waals surface area contributed by atoms with Gasteiger partial charge in [-0.15, -0.1) is 6.58 Å². The Morgan fingerprint density at radius 3 is 2.14 bits per heavy atom. The second kappa shape index (κ2) is 22.4. The highest BCUT2D eigenvalue weighted by Crippen LogP contribution is 2.39. The number of ether oxygens (including phenoxy) is 7. The Kier molecular flexibility index (Phi) is 18.5. The zero-order chi connectivity index (χ0) is 43.6. The Labute approximate surface area is 352 Å². The average Bonchev–Trinajstić information content (AvgIpc) is 3.22.